The number of nitrogens with zero attached hydrogens (tertiary/aromatic N) is 2. The van der Waals surface area contributed by atoms with E-state index in [0.29, 0.717) is 17.2 Å². The van der Waals surface area contributed by atoms with E-state index in [2.05, 4.69) is 50.4 Å². The molecule has 2 aromatic carbocycles. The van der Waals surface area contributed by atoms with Gasteiger partial charge in [0, 0.05) is 34.4 Å². The Bertz CT molecular complexity index is 1380. The van der Waals surface area contributed by atoms with Crippen LogP contribution in [0.5, 0.6) is 0 Å². The third-order valence-corrected chi connectivity index (χ3v) is 10.1. The van der Waals surface area contributed by atoms with Crippen LogP contribution in [0.4, 0.5) is 4.39 Å². The zero-order valence-corrected chi connectivity index (χ0v) is 24.8. The van der Waals surface area contributed by atoms with E-state index >= 15 is 0 Å². The lowest BCUT2D eigenvalue weighted by molar-refractivity contribution is 0.459. The number of hydrogen-bond acceptors (Lipinski definition) is 5. The molecule has 4 aromatic rings. The second-order valence-corrected chi connectivity index (χ2v) is 18.7. The molecule has 0 saturated heterocycles. The van der Waals surface area contributed by atoms with E-state index < -0.39 is 24.2 Å². The van der Waals surface area contributed by atoms with Crippen molar-refractivity contribution in [3.63, 3.8) is 0 Å². The number of aromatic nitrogens is 2. The zero-order valence-electron chi connectivity index (χ0n) is 21.4. The quantitative estimate of drug-likeness (QED) is 0.148. The predicted molar refractivity (Wildman–Crippen MR) is 152 cm³/mol. The van der Waals surface area contributed by atoms with E-state index in [4.69, 9.17) is 4.52 Å². The summed E-state index contributed by atoms with van der Waals surface area (Å²) in [7, 11) is -1.97. The minimum absolute atomic E-state index is 0.212. The van der Waals surface area contributed by atoms with Crippen LogP contribution in [0.2, 0.25) is 19.6 Å². The maximum absolute atomic E-state index is 14.9. The van der Waals surface area contributed by atoms with Crippen LogP contribution < -0.4 is 9.91 Å². The summed E-state index contributed by atoms with van der Waals surface area (Å²) in [5.74, 6) is -0.296. The van der Waals surface area contributed by atoms with Gasteiger partial charge in [-0.2, -0.15) is 0 Å². The van der Waals surface area contributed by atoms with Gasteiger partial charge in [-0.15, -0.1) is 4.72 Å². The summed E-state index contributed by atoms with van der Waals surface area (Å²) in [6.07, 6.45) is 0.422. The first kappa shape index (κ1) is 27.0. The molecule has 5 nitrogen and oxygen atoms in total. The van der Waals surface area contributed by atoms with Crippen LogP contribution in [-0.2, 0) is 17.8 Å². The van der Waals surface area contributed by atoms with Gasteiger partial charge in [0.05, 0.1) is 14.1 Å². The van der Waals surface area contributed by atoms with Crippen LogP contribution in [0, 0.1) is 5.82 Å². The van der Waals surface area contributed by atoms with Gasteiger partial charge in [0.15, 0.2) is 11.4 Å². The minimum atomic E-state index is -1.97. The Morgan fingerprint density at radius 1 is 1.11 bits per heavy atom. The smallest absolute Gasteiger partial charge is 0.167 e. The summed E-state index contributed by atoms with van der Waals surface area (Å²) in [5, 5.41) is 5.99. The summed E-state index contributed by atoms with van der Waals surface area (Å²) in [4.78, 5) is 4.51. The van der Waals surface area contributed by atoms with E-state index in [0.717, 1.165) is 27.9 Å². The molecule has 2 unspecified atom stereocenters. The van der Waals surface area contributed by atoms with Crippen LogP contribution in [0.3, 0.4) is 0 Å². The number of halogens is 2. The Morgan fingerprint density at radius 3 is 2.47 bits per heavy atom. The third-order valence-electron chi connectivity index (χ3n) is 5.97. The highest BCUT2D eigenvalue weighted by Gasteiger charge is 2.32. The van der Waals surface area contributed by atoms with Crippen LogP contribution in [0.25, 0.3) is 22.2 Å². The van der Waals surface area contributed by atoms with E-state index in [9.17, 15) is 8.94 Å². The van der Waals surface area contributed by atoms with Crippen molar-refractivity contribution in [2.75, 3.05) is 0 Å². The van der Waals surface area contributed by atoms with Gasteiger partial charge in [0.2, 0.25) is 0 Å². The Labute approximate surface area is 224 Å². The molecular formula is C27H31BrFN3O2SSi. The maximum atomic E-state index is 14.9. The highest BCUT2D eigenvalue weighted by molar-refractivity contribution is 9.10. The van der Waals surface area contributed by atoms with Gasteiger partial charge in [-0.3, -0.25) is 0 Å². The van der Waals surface area contributed by atoms with Crippen molar-refractivity contribution < 1.29 is 13.5 Å². The lowest BCUT2D eigenvalue weighted by atomic mass is 9.94. The first-order chi connectivity index (χ1) is 16.9. The first-order valence-corrected chi connectivity index (χ1v) is 17.3. The third kappa shape index (κ3) is 5.75. The van der Waals surface area contributed by atoms with Crippen molar-refractivity contribution in [2.45, 2.75) is 57.6 Å². The number of hydrogen-bond donors (Lipinski definition) is 1. The molecule has 0 radical (unpaired) electrons. The number of para-hydroxylation sites is 1. The van der Waals surface area contributed by atoms with Crippen LogP contribution in [0.1, 0.15) is 38.1 Å². The van der Waals surface area contributed by atoms with Crippen molar-refractivity contribution in [1.82, 2.24) is 14.9 Å². The van der Waals surface area contributed by atoms with Crippen LogP contribution in [0.15, 0.2) is 63.7 Å². The lowest BCUT2D eigenvalue weighted by Gasteiger charge is -2.29. The Morgan fingerprint density at radius 2 is 1.78 bits per heavy atom. The minimum Gasteiger partial charge on any atom is -0.598 e. The molecule has 2 heterocycles. The van der Waals surface area contributed by atoms with Gasteiger partial charge >= 0.3 is 0 Å². The largest absolute Gasteiger partial charge is 0.598 e. The second-order valence-electron chi connectivity index (χ2n) is 10.9. The van der Waals surface area contributed by atoms with Gasteiger partial charge < -0.3 is 9.08 Å². The average Bonchev–Trinajstić information content (AvgIpc) is 3.23. The molecule has 36 heavy (non-hydrogen) atoms. The molecule has 190 valence electrons. The van der Waals surface area contributed by atoms with Gasteiger partial charge in [-0.05, 0) is 65.7 Å². The number of benzene rings is 2. The molecule has 2 atom stereocenters. The molecular weight excluding hydrogens is 557 g/mol. The van der Waals surface area contributed by atoms with E-state index in [1.54, 1.807) is 0 Å². The molecule has 1 N–H and O–H groups in total. The van der Waals surface area contributed by atoms with Crippen LogP contribution in [-0.4, -0.2) is 27.5 Å². The standard InChI is InChI=1S/C27H31BrFN3O2SSi/c1-27(2,3)35(33)32-21(15-17-16-23(36(4,5)6)24(29)26(28)30-17)18-11-7-8-12-19(18)25-20-13-9-10-14-22(20)34-31-25/h7-14,16,21,32H,15H2,1-6H3. The van der Waals surface area contributed by atoms with Crippen molar-refractivity contribution in [3.8, 4) is 11.3 Å². The van der Waals surface area contributed by atoms with Crippen molar-refractivity contribution >= 4 is 51.5 Å². The highest BCUT2D eigenvalue weighted by Crippen LogP contribution is 2.35. The van der Waals surface area contributed by atoms with Gasteiger partial charge in [-0.25, -0.2) is 9.37 Å². The summed E-state index contributed by atoms with van der Waals surface area (Å²) in [5.41, 5.74) is 3.96. The van der Waals surface area contributed by atoms with Crippen molar-refractivity contribution in [3.05, 3.63) is 76.3 Å². The monoisotopic (exact) mass is 587 g/mol. The second kappa shape index (κ2) is 10.4. The van der Waals surface area contributed by atoms with E-state index in [-0.39, 0.29) is 16.5 Å². The molecule has 0 aliphatic rings. The summed E-state index contributed by atoms with van der Waals surface area (Å²) in [6, 6.07) is 17.1. The number of rotatable bonds is 7. The molecule has 0 saturated carbocycles. The molecule has 9 heteroatoms. The molecule has 2 aromatic heterocycles. The van der Waals surface area contributed by atoms with Crippen molar-refractivity contribution in [2.24, 2.45) is 0 Å². The average molecular weight is 589 g/mol. The molecule has 0 aliphatic carbocycles. The Hall–Kier alpha value is -2.04. The molecule has 0 bridgehead atoms. The first-order valence-electron chi connectivity index (χ1n) is 11.8. The zero-order chi connectivity index (χ0) is 26.3. The predicted octanol–water partition coefficient (Wildman–Crippen LogP) is 6.67. The van der Waals surface area contributed by atoms with Gasteiger partial charge in [0.25, 0.3) is 0 Å². The molecule has 0 spiro atoms. The van der Waals surface area contributed by atoms with Crippen molar-refractivity contribution in [1.29, 1.82) is 0 Å². The number of pyridine rings is 1. The fraction of sp³-hybridized carbons (Fsp3) is 0.333. The summed E-state index contributed by atoms with van der Waals surface area (Å²) in [6.45, 7) is 12.1. The number of fused-ring (bicyclic) bond motifs is 1. The summed E-state index contributed by atoms with van der Waals surface area (Å²) >= 11 is 1.97. The lowest BCUT2D eigenvalue weighted by Crippen LogP contribution is -2.43. The van der Waals surface area contributed by atoms with Gasteiger partial charge in [-0.1, -0.05) is 61.2 Å². The van der Waals surface area contributed by atoms with E-state index in [1.165, 1.54) is 0 Å². The van der Waals surface area contributed by atoms with E-state index in [1.807, 2.05) is 75.4 Å². The molecule has 0 aliphatic heterocycles. The highest BCUT2D eigenvalue weighted by atomic mass is 79.9. The Kier molecular flexibility index (Phi) is 7.78. The topological polar surface area (TPSA) is 74.0 Å². The molecule has 4 rings (SSSR count). The normalized spacial score (nSPS) is 14.2. The fourth-order valence-electron chi connectivity index (χ4n) is 4.03. The SMILES string of the molecule is CC(C)(C)[S+]([O-])NC(Cc1cc([Si](C)(C)C)c(F)c(Br)n1)c1ccccc1-c1noc2ccccc12. The number of nitrogens with one attached hydrogen (secondary N) is 1. The maximum Gasteiger partial charge on any atom is 0.167 e. The van der Waals surface area contributed by atoms with Gasteiger partial charge in [0.1, 0.15) is 15.0 Å². The molecule has 0 amide bonds. The fourth-order valence-corrected chi connectivity index (χ4v) is 6.85. The molecule has 0 fully saturated rings. The summed E-state index contributed by atoms with van der Waals surface area (Å²) < 4.78 is 36.9. The Balaban J connectivity index is 1.83. The van der Waals surface area contributed by atoms with Crippen LogP contribution >= 0.6 is 15.9 Å².